The SMILES string of the molecule is Cn1c(C(F)(F)F)cc(=O)n(-c2cc(Sc3ccccc3O)c(Br)cc2F)c1=O. The van der Waals surface area contributed by atoms with Crippen molar-refractivity contribution in [2.75, 3.05) is 0 Å². The molecule has 0 spiro atoms. The number of nitrogens with zero attached hydrogens (tertiary/aromatic N) is 2. The molecule has 152 valence electrons. The molecule has 0 saturated heterocycles. The number of hydrogen-bond acceptors (Lipinski definition) is 4. The molecule has 1 N–H and O–H groups in total. The summed E-state index contributed by atoms with van der Waals surface area (Å²) < 4.78 is 54.4. The molecule has 29 heavy (non-hydrogen) atoms. The summed E-state index contributed by atoms with van der Waals surface area (Å²) in [6.45, 7) is 0. The summed E-state index contributed by atoms with van der Waals surface area (Å²) in [5, 5.41) is 9.91. The van der Waals surface area contributed by atoms with Gasteiger partial charge in [-0.3, -0.25) is 9.36 Å². The van der Waals surface area contributed by atoms with Crippen molar-refractivity contribution in [3.8, 4) is 11.4 Å². The fourth-order valence-electron chi connectivity index (χ4n) is 2.55. The second kappa shape index (κ2) is 7.71. The van der Waals surface area contributed by atoms with Gasteiger partial charge in [-0.2, -0.15) is 13.2 Å². The zero-order chi connectivity index (χ0) is 21.5. The van der Waals surface area contributed by atoms with Crippen LogP contribution in [0.25, 0.3) is 5.69 Å². The summed E-state index contributed by atoms with van der Waals surface area (Å²) in [6.07, 6.45) is -4.92. The lowest BCUT2D eigenvalue weighted by Crippen LogP contribution is -2.41. The van der Waals surface area contributed by atoms with E-state index >= 15 is 0 Å². The molecule has 1 aromatic heterocycles. The summed E-state index contributed by atoms with van der Waals surface area (Å²) in [5.41, 5.74) is -4.61. The molecule has 1 heterocycles. The van der Waals surface area contributed by atoms with E-state index in [-0.39, 0.29) is 20.9 Å². The van der Waals surface area contributed by atoms with E-state index in [1.54, 1.807) is 18.2 Å². The summed E-state index contributed by atoms with van der Waals surface area (Å²) in [6, 6.07) is 8.68. The molecule has 0 radical (unpaired) electrons. The minimum absolute atomic E-state index is 0.0436. The highest BCUT2D eigenvalue weighted by molar-refractivity contribution is 9.10. The lowest BCUT2D eigenvalue weighted by Gasteiger charge is -2.15. The van der Waals surface area contributed by atoms with Crippen molar-refractivity contribution in [3.05, 3.63) is 79.3 Å². The number of aromatic nitrogens is 2. The number of aromatic hydroxyl groups is 1. The molecule has 0 amide bonds. The van der Waals surface area contributed by atoms with Crippen molar-refractivity contribution in [1.29, 1.82) is 0 Å². The van der Waals surface area contributed by atoms with Crippen LogP contribution in [-0.4, -0.2) is 14.2 Å². The van der Waals surface area contributed by atoms with E-state index in [2.05, 4.69) is 15.9 Å². The van der Waals surface area contributed by atoms with Crippen molar-refractivity contribution in [3.63, 3.8) is 0 Å². The Kier molecular flexibility index (Phi) is 5.63. The van der Waals surface area contributed by atoms with E-state index in [0.29, 0.717) is 14.4 Å². The van der Waals surface area contributed by atoms with Gasteiger partial charge in [-0.1, -0.05) is 23.9 Å². The van der Waals surface area contributed by atoms with Gasteiger partial charge in [0.1, 0.15) is 17.3 Å². The van der Waals surface area contributed by atoms with Crippen molar-refractivity contribution in [1.82, 2.24) is 9.13 Å². The molecule has 0 aliphatic heterocycles. The third kappa shape index (κ3) is 4.10. The van der Waals surface area contributed by atoms with Crippen LogP contribution < -0.4 is 11.2 Å². The van der Waals surface area contributed by atoms with Crippen molar-refractivity contribution < 1.29 is 22.7 Å². The first-order valence-electron chi connectivity index (χ1n) is 7.86. The first-order valence-corrected chi connectivity index (χ1v) is 9.47. The Labute approximate surface area is 173 Å². The smallest absolute Gasteiger partial charge is 0.431 e. The summed E-state index contributed by atoms with van der Waals surface area (Å²) in [5.74, 6) is -1.03. The van der Waals surface area contributed by atoms with Crippen molar-refractivity contribution >= 4 is 27.7 Å². The second-order valence-electron chi connectivity index (χ2n) is 5.85. The Morgan fingerprint density at radius 3 is 2.34 bits per heavy atom. The number of phenols is 1. The average molecular weight is 491 g/mol. The fourth-order valence-corrected chi connectivity index (χ4v) is 3.99. The zero-order valence-electron chi connectivity index (χ0n) is 14.5. The van der Waals surface area contributed by atoms with Crippen LogP contribution in [0.4, 0.5) is 17.6 Å². The third-order valence-electron chi connectivity index (χ3n) is 3.94. The highest BCUT2D eigenvalue weighted by Crippen LogP contribution is 2.39. The standard InChI is InChI=1S/C18H11BrF4N2O3S/c1-24-15(18(21,22)23)8-16(27)25(17(24)28)11-7-14(9(19)6-10(11)20)29-13-5-3-2-4-12(13)26/h2-8,26H,1H3. The van der Waals surface area contributed by atoms with Gasteiger partial charge >= 0.3 is 11.9 Å². The molecule has 0 bridgehead atoms. The number of benzene rings is 2. The number of halogens is 5. The molecule has 0 fully saturated rings. The normalized spacial score (nSPS) is 11.7. The second-order valence-corrected chi connectivity index (χ2v) is 7.78. The average Bonchev–Trinajstić information content (AvgIpc) is 2.62. The minimum atomic E-state index is -4.92. The van der Waals surface area contributed by atoms with Crippen LogP contribution in [0.5, 0.6) is 5.75 Å². The van der Waals surface area contributed by atoms with E-state index in [0.717, 1.165) is 30.9 Å². The topological polar surface area (TPSA) is 64.2 Å². The summed E-state index contributed by atoms with van der Waals surface area (Å²) in [4.78, 5) is 25.4. The molecule has 2 aromatic carbocycles. The Balaban J connectivity index is 2.20. The van der Waals surface area contributed by atoms with E-state index < -0.39 is 34.6 Å². The van der Waals surface area contributed by atoms with Crippen molar-refractivity contribution in [2.45, 2.75) is 16.0 Å². The van der Waals surface area contributed by atoms with Gasteiger partial charge in [-0.05, 0) is 40.2 Å². The fraction of sp³-hybridized carbons (Fsp3) is 0.111. The largest absolute Gasteiger partial charge is 0.507 e. The van der Waals surface area contributed by atoms with Crippen LogP contribution in [-0.2, 0) is 13.2 Å². The van der Waals surface area contributed by atoms with Gasteiger partial charge in [-0.15, -0.1) is 0 Å². The molecule has 3 aromatic rings. The molecule has 0 aliphatic carbocycles. The number of hydrogen-bond donors (Lipinski definition) is 1. The lowest BCUT2D eigenvalue weighted by molar-refractivity contribution is -0.144. The molecule has 11 heteroatoms. The molecule has 0 atom stereocenters. The van der Waals surface area contributed by atoms with Gasteiger partial charge in [-0.25, -0.2) is 13.8 Å². The quantitative estimate of drug-likeness (QED) is 0.555. The van der Waals surface area contributed by atoms with E-state index in [1.807, 2.05) is 0 Å². The molecule has 3 rings (SSSR count). The van der Waals surface area contributed by atoms with Crippen LogP contribution in [0.3, 0.4) is 0 Å². The highest BCUT2D eigenvalue weighted by atomic mass is 79.9. The summed E-state index contributed by atoms with van der Waals surface area (Å²) >= 11 is 4.18. The first kappa shape index (κ1) is 21.2. The van der Waals surface area contributed by atoms with E-state index in [1.165, 1.54) is 6.07 Å². The number of alkyl halides is 3. The van der Waals surface area contributed by atoms with Gasteiger partial charge in [0.15, 0.2) is 0 Å². The third-order valence-corrected chi connectivity index (χ3v) is 5.98. The van der Waals surface area contributed by atoms with Crippen molar-refractivity contribution in [2.24, 2.45) is 7.05 Å². The van der Waals surface area contributed by atoms with Gasteiger partial charge in [0.25, 0.3) is 5.56 Å². The predicted molar refractivity (Wildman–Crippen MR) is 102 cm³/mol. The molecule has 0 saturated carbocycles. The van der Waals surface area contributed by atoms with Gasteiger partial charge in [0.05, 0.1) is 10.6 Å². The predicted octanol–water partition coefficient (Wildman–Crippen LogP) is 4.31. The molecular formula is C18H11BrF4N2O3S. The van der Waals surface area contributed by atoms with Crippen LogP contribution >= 0.6 is 27.7 Å². The number of para-hydroxylation sites is 1. The van der Waals surface area contributed by atoms with Crippen LogP contribution in [0, 0.1) is 5.82 Å². The van der Waals surface area contributed by atoms with E-state index in [4.69, 9.17) is 0 Å². The lowest BCUT2D eigenvalue weighted by atomic mass is 10.3. The maximum atomic E-state index is 14.5. The van der Waals surface area contributed by atoms with Crippen LogP contribution in [0.1, 0.15) is 5.69 Å². The summed E-state index contributed by atoms with van der Waals surface area (Å²) in [7, 11) is 0.843. The van der Waals surface area contributed by atoms with Gasteiger partial charge in [0.2, 0.25) is 0 Å². The Bertz CT molecular complexity index is 1220. The first-order chi connectivity index (χ1) is 13.5. The molecular weight excluding hydrogens is 480 g/mol. The maximum Gasteiger partial charge on any atom is 0.431 e. The molecule has 5 nitrogen and oxygen atoms in total. The Morgan fingerprint density at radius 2 is 1.72 bits per heavy atom. The highest BCUT2D eigenvalue weighted by Gasteiger charge is 2.35. The number of phenolic OH excluding ortho intramolecular Hbond substituents is 1. The molecule has 0 aliphatic rings. The van der Waals surface area contributed by atoms with E-state index in [9.17, 15) is 32.3 Å². The molecule has 0 unspecified atom stereocenters. The van der Waals surface area contributed by atoms with Gasteiger partial charge < -0.3 is 5.11 Å². The van der Waals surface area contributed by atoms with Gasteiger partial charge in [0, 0.05) is 22.5 Å². The monoisotopic (exact) mass is 490 g/mol. The zero-order valence-corrected chi connectivity index (χ0v) is 16.9. The van der Waals surface area contributed by atoms with Crippen LogP contribution in [0.15, 0.2) is 66.3 Å². The number of rotatable bonds is 3. The Hall–Kier alpha value is -2.53. The Morgan fingerprint density at radius 1 is 1.07 bits per heavy atom. The minimum Gasteiger partial charge on any atom is -0.507 e. The van der Waals surface area contributed by atoms with Crippen LogP contribution in [0.2, 0.25) is 0 Å². The maximum absolute atomic E-state index is 14.5.